The summed E-state index contributed by atoms with van der Waals surface area (Å²) in [7, 11) is 0. The monoisotopic (exact) mass is 330 g/mol. The van der Waals surface area contributed by atoms with Crippen LogP contribution in [0.1, 0.15) is 72.0 Å². The number of rotatable bonds is 3. The van der Waals surface area contributed by atoms with Crippen molar-refractivity contribution < 1.29 is 6.22 Å². The molecule has 1 aliphatic heterocycles. The maximum atomic E-state index is 11.6. The summed E-state index contributed by atoms with van der Waals surface area (Å²) >= 11 is 0. The molecule has 1 aromatic rings. The Morgan fingerprint density at radius 1 is 1.29 bits per heavy atom. The van der Waals surface area contributed by atoms with Crippen molar-refractivity contribution in [2.45, 2.75) is 64.8 Å². The van der Waals surface area contributed by atoms with Gasteiger partial charge in [-0.25, -0.2) is 0 Å². The first-order chi connectivity index (χ1) is 11.3. The summed E-state index contributed by atoms with van der Waals surface area (Å²) < 4.78 is 0. The standard InChI is InChI=1S/C21H32N2O.H2/c1-16(24)22-19-15-21(18-8-6-5-7-17(18)19)10-13-23(14-11-21)12-9-20(2,3)4;/h5-8,19H,9-15H2,1-4H3,(H,22,24);1H/t19-;/m0./s1. The van der Waals surface area contributed by atoms with Gasteiger partial charge in [-0.1, -0.05) is 45.0 Å². The minimum Gasteiger partial charge on any atom is -0.349 e. The molecule has 1 fully saturated rings. The summed E-state index contributed by atoms with van der Waals surface area (Å²) in [5.74, 6) is 0.0782. The highest BCUT2D eigenvalue weighted by atomic mass is 16.1. The van der Waals surface area contributed by atoms with Crippen molar-refractivity contribution in [1.82, 2.24) is 10.2 Å². The van der Waals surface area contributed by atoms with Gasteiger partial charge >= 0.3 is 0 Å². The number of amides is 1. The predicted octanol–water partition coefficient (Wildman–Crippen LogP) is 4.28. The Balaban J connectivity index is 0.00000225. The average Bonchev–Trinajstić information content (AvgIpc) is 2.80. The number of fused-ring (bicyclic) bond motifs is 2. The molecule has 0 aromatic heterocycles. The van der Waals surface area contributed by atoms with Gasteiger partial charge in [-0.2, -0.15) is 0 Å². The molecule has 1 atom stereocenters. The van der Waals surface area contributed by atoms with E-state index < -0.39 is 0 Å². The summed E-state index contributed by atoms with van der Waals surface area (Å²) in [6.45, 7) is 12.2. The van der Waals surface area contributed by atoms with Crippen LogP contribution in [0.2, 0.25) is 0 Å². The number of likely N-dealkylation sites (tertiary alicyclic amines) is 1. The first kappa shape index (κ1) is 17.5. The van der Waals surface area contributed by atoms with Crippen molar-refractivity contribution in [2.24, 2.45) is 5.41 Å². The Morgan fingerprint density at radius 3 is 2.58 bits per heavy atom. The summed E-state index contributed by atoms with van der Waals surface area (Å²) in [6.07, 6.45) is 4.75. The van der Waals surface area contributed by atoms with E-state index in [0.29, 0.717) is 5.41 Å². The quantitative estimate of drug-likeness (QED) is 0.897. The second-order valence-corrected chi connectivity index (χ2v) is 8.98. The summed E-state index contributed by atoms with van der Waals surface area (Å²) in [4.78, 5) is 14.2. The third kappa shape index (κ3) is 3.66. The van der Waals surface area contributed by atoms with E-state index in [9.17, 15) is 4.79 Å². The van der Waals surface area contributed by atoms with Crippen LogP contribution in [0.15, 0.2) is 24.3 Å². The molecule has 24 heavy (non-hydrogen) atoms. The molecule has 2 aliphatic rings. The van der Waals surface area contributed by atoms with Gasteiger partial charge in [0.25, 0.3) is 0 Å². The highest BCUT2D eigenvalue weighted by Gasteiger charge is 2.45. The van der Waals surface area contributed by atoms with Gasteiger partial charge in [0.15, 0.2) is 0 Å². The van der Waals surface area contributed by atoms with Crippen LogP contribution in [0.25, 0.3) is 0 Å². The van der Waals surface area contributed by atoms with Crippen molar-refractivity contribution in [3.05, 3.63) is 35.4 Å². The summed E-state index contributed by atoms with van der Waals surface area (Å²) in [6, 6.07) is 8.95. The lowest BCUT2D eigenvalue weighted by molar-refractivity contribution is -0.119. The van der Waals surface area contributed by atoms with Crippen molar-refractivity contribution in [1.29, 1.82) is 0 Å². The number of benzene rings is 1. The van der Waals surface area contributed by atoms with Crippen molar-refractivity contribution in [3.8, 4) is 0 Å². The zero-order valence-electron chi connectivity index (χ0n) is 15.7. The highest BCUT2D eigenvalue weighted by molar-refractivity contribution is 5.73. The second-order valence-electron chi connectivity index (χ2n) is 8.98. The summed E-state index contributed by atoms with van der Waals surface area (Å²) in [5.41, 5.74) is 3.50. The Hall–Kier alpha value is -1.35. The van der Waals surface area contributed by atoms with Crippen LogP contribution in [0.3, 0.4) is 0 Å². The van der Waals surface area contributed by atoms with Crippen LogP contribution in [0.4, 0.5) is 0 Å². The van der Waals surface area contributed by atoms with E-state index in [0.717, 1.165) is 6.42 Å². The number of carbonyl (C=O) groups is 1. The fourth-order valence-corrected chi connectivity index (χ4v) is 4.44. The zero-order valence-corrected chi connectivity index (χ0v) is 15.7. The highest BCUT2D eigenvalue weighted by Crippen LogP contribution is 2.50. The van der Waals surface area contributed by atoms with E-state index in [-0.39, 0.29) is 18.8 Å². The molecule has 1 heterocycles. The molecule has 134 valence electrons. The van der Waals surface area contributed by atoms with Crippen LogP contribution in [0.5, 0.6) is 0 Å². The molecule has 0 unspecified atom stereocenters. The number of hydrogen-bond donors (Lipinski definition) is 1. The van der Waals surface area contributed by atoms with Gasteiger partial charge in [-0.05, 0) is 61.9 Å². The topological polar surface area (TPSA) is 32.3 Å². The first-order valence-electron chi connectivity index (χ1n) is 9.38. The molecular weight excluding hydrogens is 296 g/mol. The van der Waals surface area contributed by atoms with E-state index in [1.165, 1.54) is 50.0 Å². The van der Waals surface area contributed by atoms with Gasteiger partial charge in [-0.3, -0.25) is 4.79 Å². The van der Waals surface area contributed by atoms with E-state index in [1.807, 2.05) is 0 Å². The minimum absolute atomic E-state index is 0. The Kier molecular flexibility index (Phi) is 4.74. The molecule has 1 aromatic carbocycles. The Bertz CT molecular complexity index is 600. The molecular formula is C21H34N2O. The molecule has 1 amide bonds. The third-order valence-electron chi connectivity index (χ3n) is 5.87. The molecule has 3 heteroatoms. The van der Waals surface area contributed by atoms with Crippen LogP contribution < -0.4 is 5.32 Å². The fraction of sp³-hybridized carbons (Fsp3) is 0.667. The molecule has 0 bridgehead atoms. The van der Waals surface area contributed by atoms with Gasteiger partial charge in [0, 0.05) is 13.8 Å². The van der Waals surface area contributed by atoms with E-state index >= 15 is 0 Å². The molecule has 1 saturated heterocycles. The Morgan fingerprint density at radius 2 is 1.96 bits per heavy atom. The zero-order chi connectivity index (χ0) is 17.4. The first-order valence-corrected chi connectivity index (χ1v) is 9.38. The van der Waals surface area contributed by atoms with Crippen molar-refractivity contribution >= 4 is 5.91 Å². The Labute approximate surface area is 148 Å². The average molecular weight is 331 g/mol. The normalized spacial score (nSPS) is 23.2. The lowest BCUT2D eigenvalue weighted by Gasteiger charge is -2.41. The largest absolute Gasteiger partial charge is 0.349 e. The lowest BCUT2D eigenvalue weighted by atomic mass is 9.73. The van der Waals surface area contributed by atoms with E-state index in [4.69, 9.17) is 0 Å². The third-order valence-corrected chi connectivity index (χ3v) is 5.87. The van der Waals surface area contributed by atoms with E-state index in [2.05, 4.69) is 55.3 Å². The SMILES string of the molecule is CC(=O)N[C@H]1CC2(CCN(CCC(C)(C)C)CC2)c2ccccc21.[HH]. The number of nitrogens with one attached hydrogen (secondary N) is 1. The molecule has 3 rings (SSSR count). The molecule has 0 radical (unpaired) electrons. The molecule has 1 N–H and O–H groups in total. The van der Waals surface area contributed by atoms with E-state index in [1.54, 1.807) is 6.92 Å². The van der Waals surface area contributed by atoms with Gasteiger partial charge in [0.05, 0.1) is 6.04 Å². The van der Waals surface area contributed by atoms with Gasteiger partial charge in [0.2, 0.25) is 5.91 Å². The van der Waals surface area contributed by atoms with Crippen molar-refractivity contribution in [2.75, 3.05) is 19.6 Å². The maximum Gasteiger partial charge on any atom is 0.217 e. The van der Waals surface area contributed by atoms with Crippen molar-refractivity contribution in [3.63, 3.8) is 0 Å². The van der Waals surface area contributed by atoms with Crippen LogP contribution >= 0.6 is 0 Å². The number of carbonyl (C=O) groups excluding carboxylic acids is 1. The van der Waals surface area contributed by atoms with Crippen LogP contribution in [-0.4, -0.2) is 30.4 Å². The molecule has 1 aliphatic carbocycles. The summed E-state index contributed by atoms with van der Waals surface area (Å²) in [5, 5.41) is 3.17. The smallest absolute Gasteiger partial charge is 0.217 e. The molecule has 0 saturated carbocycles. The number of hydrogen-bond acceptors (Lipinski definition) is 2. The maximum absolute atomic E-state index is 11.6. The van der Waals surface area contributed by atoms with Crippen LogP contribution in [-0.2, 0) is 10.2 Å². The van der Waals surface area contributed by atoms with Gasteiger partial charge in [-0.15, -0.1) is 0 Å². The van der Waals surface area contributed by atoms with Gasteiger partial charge in [0.1, 0.15) is 0 Å². The fourth-order valence-electron chi connectivity index (χ4n) is 4.44. The lowest BCUT2D eigenvalue weighted by Crippen LogP contribution is -2.43. The predicted molar refractivity (Wildman–Crippen MR) is 101 cm³/mol. The van der Waals surface area contributed by atoms with Gasteiger partial charge < -0.3 is 10.2 Å². The number of nitrogens with zero attached hydrogens (tertiary/aromatic N) is 1. The molecule has 3 nitrogen and oxygen atoms in total. The van der Waals surface area contributed by atoms with Crippen LogP contribution in [0, 0.1) is 5.41 Å². The number of piperidine rings is 1. The second kappa shape index (κ2) is 6.51. The molecule has 1 spiro atoms. The minimum atomic E-state index is 0.